The molecule has 0 bridgehead atoms. The van der Waals surface area contributed by atoms with E-state index in [1.165, 1.54) is 6.42 Å². The molecule has 0 spiro atoms. The van der Waals surface area contributed by atoms with Crippen molar-refractivity contribution < 1.29 is 9.59 Å². The molecule has 1 aliphatic rings. The molecule has 3 amide bonds. The summed E-state index contributed by atoms with van der Waals surface area (Å²) in [6, 6.07) is 16.5. The van der Waals surface area contributed by atoms with E-state index in [9.17, 15) is 9.59 Å². The topological polar surface area (TPSA) is 86.4 Å². The summed E-state index contributed by atoms with van der Waals surface area (Å²) < 4.78 is 0. The highest BCUT2D eigenvalue weighted by Gasteiger charge is 2.20. The zero-order valence-electron chi connectivity index (χ0n) is 18.8. The van der Waals surface area contributed by atoms with Gasteiger partial charge >= 0.3 is 6.03 Å². The number of urea groups is 1. The molecule has 1 fully saturated rings. The molecule has 33 heavy (non-hydrogen) atoms. The second-order valence-corrected chi connectivity index (χ2v) is 8.27. The summed E-state index contributed by atoms with van der Waals surface area (Å²) in [5, 5.41) is 8.66. The molecule has 170 valence electrons. The van der Waals surface area contributed by atoms with E-state index >= 15 is 0 Å². The number of aromatic nitrogens is 1. The summed E-state index contributed by atoms with van der Waals surface area (Å²) in [5.41, 5.74) is 4.76. The van der Waals surface area contributed by atoms with Crippen LogP contribution in [0.4, 0.5) is 21.9 Å². The van der Waals surface area contributed by atoms with E-state index in [4.69, 9.17) is 0 Å². The molecule has 1 saturated heterocycles. The first kappa shape index (κ1) is 22.3. The lowest BCUT2D eigenvalue weighted by Crippen LogP contribution is -2.33. The smallest absolute Gasteiger partial charge is 0.323 e. The van der Waals surface area contributed by atoms with Crippen LogP contribution in [0.15, 0.2) is 67.0 Å². The molecule has 0 saturated carbocycles. The van der Waals surface area contributed by atoms with Gasteiger partial charge in [-0.2, -0.15) is 0 Å². The number of amides is 3. The lowest BCUT2D eigenvalue weighted by Gasteiger charge is -2.30. The normalized spacial score (nSPS) is 13.3. The van der Waals surface area contributed by atoms with E-state index < -0.39 is 0 Å². The number of nitrogens with one attached hydrogen (secondary N) is 3. The Labute approximate surface area is 194 Å². The molecular weight excluding hydrogens is 414 g/mol. The van der Waals surface area contributed by atoms with Gasteiger partial charge in [-0.15, -0.1) is 0 Å². The predicted octanol–water partition coefficient (Wildman–Crippen LogP) is 4.95. The lowest BCUT2D eigenvalue weighted by atomic mass is 10.1. The fourth-order valence-electron chi connectivity index (χ4n) is 3.92. The van der Waals surface area contributed by atoms with Crippen LogP contribution in [0.5, 0.6) is 0 Å². The van der Waals surface area contributed by atoms with Crippen molar-refractivity contribution in [2.75, 3.05) is 28.6 Å². The van der Waals surface area contributed by atoms with Crippen LogP contribution in [-0.2, 0) is 6.54 Å². The van der Waals surface area contributed by atoms with Crippen molar-refractivity contribution >= 4 is 29.0 Å². The van der Waals surface area contributed by atoms with Gasteiger partial charge in [0.25, 0.3) is 5.91 Å². The summed E-state index contributed by atoms with van der Waals surface area (Å²) in [5.74, 6) is -0.179. The summed E-state index contributed by atoms with van der Waals surface area (Å²) >= 11 is 0. The van der Waals surface area contributed by atoms with Crippen LogP contribution in [0.3, 0.4) is 0 Å². The molecule has 2 heterocycles. The van der Waals surface area contributed by atoms with Gasteiger partial charge in [-0.1, -0.05) is 23.8 Å². The van der Waals surface area contributed by atoms with Crippen LogP contribution in [-0.4, -0.2) is 30.0 Å². The molecular formula is C26H29N5O2. The Kier molecular flexibility index (Phi) is 7.19. The van der Waals surface area contributed by atoms with Crippen molar-refractivity contribution in [1.82, 2.24) is 10.3 Å². The van der Waals surface area contributed by atoms with Crippen LogP contribution in [0.2, 0.25) is 0 Å². The SMILES string of the molecule is Cc1ccc(NC(=O)Nc2ccc(N3CCCCC3)c(C(=O)NCc3cccnc3)c2)cc1. The van der Waals surface area contributed by atoms with E-state index in [2.05, 4.69) is 25.8 Å². The molecule has 1 aliphatic heterocycles. The Bertz CT molecular complexity index is 1090. The highest BCUT2D eigenvalue weighted by atomic mass is 16.2. The van der Waals surface area contributed by atoms with Crippen LogP contribution in [0.25, 0.3) is 0 Å². The number of benzene rings is 2. The van der Waals surface area contributed by atoms with Crippen molar-refractivity contribution in [1.29, 1.82) is 0 Å². The minimum atomic E-state index is -0.355. The molecule has 7 nitrogen and oxygen atoms in total. The quantitative estimate of drug-likeness (QED) is 0.503. The fraction of sp³-hybridized carbons (Fsp3) is 0.269. The van der Waals surface area contributed by atoms with E-state index in [0.29, 0.717) is 23.5 Å². The van der Waals surface area contributed by atoms with Crippen molar-refractivity contribution in [2.45, 2.75) is 32.7 Å². The minimum absolute atomic E-state index is 0.179. The molecule has 0 radical (unpaired) electrons. The van der Waals surface area contributed by atoms with Gasteiger partial charge in [-0.3, -0.25) is 9.78 Å². The number of carbonyl (C=O) groups is 2. The lowest BCUT2D eigenvalue weighted by molar-refractivity contribution is 0.0951. The highest BCUT2D eigenvalue weighted by Crippen LogP contribution is 2.27. The number of pyridine rings is 1. The number of anilines is 3. The Morgan fingerprint density at radius 1 is 0.939 bits per heavy atom. The molecule has 3 aromatic rings. The van der Waals surface area contributed by atoms with Gasteiger partial charge in [0.2, 0.25) is 0 Å². The van der Waals surface area contributed by atoms with Gasteiger partial charge in [-0.25, -0.2) is 4.79 Å². The highest BCUT2D eigenvalue weighted by molar-refractivity contribution is 6.04. The van der Waals surface area contributed by atoms with Crippen LogP contribution < -0.4 is 20.9 Å². The number of nitrogens with zero attached hydrogens (tertiary/aromatic N) is 2. The van der Waals surface area contributed by atoms with Gasteiger partial charge in [0, 0.05) is 49.1 Å². The largest absolute Gasteiger partial charge is 0.371 e. The molecule has 3 N–H and O–H groups in total. The number of aryl methyl sites for hydroxylation is 1. The number of rotatable bonds is 6. The standard InChI is InChI=1S/C26H29N5O2/c1-19-7-9-21(10-8-19)29-26(33)30-22-11-12-24(31-14-3-2-4-15-31)23(16-22)25(32)28-18-20-6-5-13-27-17-20/h5-13,16-17H,2-4,14-15,18H2,1H3,(H,28,32)(H2,29,30,33). The Balaban J connectivity index is 1.51. The van der Waals surface area contributed by atoms with E-state index in [1.807, 2.05) is 55.5 Å². The predicted molar refractivity (Wildman–Crippen MR) is 132 cm³/mol. The second-order valence-electron chi connectivity index (χ2n) is 8.27. The Morgan fingerprint density at radius 3 is 2.39 bits per heavy atom. The number of carbonyl (C=O) groups excluding carboxylic acids is 2. The monoisotopic (exact) mass is 443 g/mol. The summed E-state index contributed by atoms with van der Waals surface area (Å²) in [4.78, 5) is 32.0. The van der Waals surface area contributed by atoms with Crippen LogP contribution in [0.1, 0.15) is 40.7 Å². The zero-order valence-corrected chi connectivity index (χ0v) is 18.8. The molecule has 0 aliphatic carbocycles. The maximum absolute atomic E-state index is 13.2. The molecule has 4 rings (SSSR count). The van der Waals surface area contributed by atoms with Gasteiger partial charge in [0.15, 0.2) is 0 Å². The van der Waals surface area contributed by atoms with Crippen molar-refractivity contribution in [3.8, 4) is 0 Å². The van der Waals surface area contributed by atoms with E-state index in [0.717, 1.165) is 42.7 Å². The third kappa shape index (κ3) is 6.10. The van der Waals surface area contributed by atoms with Crippen molar-refractivity contribution in [3.05, 3.63) is 83.7 Å². The third-order valence-corrected chi connectivity index (χ3v) is 5.68. The molecule has 2 aromatic carbocycles. The van der Waals surface area contributed by atoms with Crippen LogP contribution >= 0.6 is 0 Å². The van der Waals surface area contributed by atoms with E-state index in [1.54, 1.807) is 18.5 Å². The number of hydrogen-bond acceptors (Lipinski definition) is 4. The Morgan fingerprint density at radius 2 is 1.67 bits per heavy atom. The minimum Gasteiger partial charge on any atom is -0.371 e. The third-order valence-electron chi connectivity index (χ3n) is 5.68. The van der Waals surface area contributed by atoms with Crippen molar-refractivity contribution in [3.63, 3.8) is 0 Å². The second kappa shape index (κ2) is 10.6. The summed E-state index contributed by atoms with van der Waals surface area (Å²) in [6.07, 6.45) is 6.86. The average molecular weight is 444 g/mol. The molecule has 7 heteroatoms. The Hall–Kier alpha value is -3.87. The number of piperidine rings is 1. The fourth-order valence-corrected chi connectivity index (χ4v) is 3.92. The first-order valence-corrected chi connectivity index (χ1v) is 11.3. The van der Waals surface area contributed by atoms with Gasteiger partial charge in [0.1, 0.15) is 0 Å². The van der Waals surface area contributed by atoms with E-state index in [-0.39, 0.29) is 11.9 Å². The van der Waals surface area contributed by atoms with Gasteiger partial charge < -0.3 is 20.9 Å². The van der Waals surface area contributed by atoms with Gasteiger partial charge in [0.05, 0.1) is 5.56 Å². The molecule has 0 unspecified atom stereocenters. The zero-order chi connectivity index (χ0) is 23.0. The van der Waals surface area contributed by atoms with Crippen molar-refractivity contribution in [2.24, 2.45) is 0 Å². The van der Waals surface area contributed by atoms with Crippen LogP contribution in [0, 0.1) is 6.92 Å². The van der Waals surface area contributed by atoms with Gasteiger partial charge in [-0.05, 0) is 68.1 Å². The maximum atomic E-state index is 13.2. The maximum Gasteiger partial charge on any atom is 0.323 e. The first-order chi connectivity index (χ1) is 16.1. The summed E-state index contributed by atoms with van der Waals surface area (Å²) in [6.45, 7) is 4.22. The average Bonchev–Trinajstić information content (AvgIpc) is 2.85. The molecule has 0 atom stereocenters. The summed E-state index contributed by atoms with van der Waals surface area (Å²) in [7, 11) is 0. The molecule has 1 aromatic heterocycles. The first-order valence-electron chi connectivity index (χ1n) is 11.3. The number of hydrogen-bond donors (Lipinski definition) is 3.